The van der Waals surface area contributed by atoms with Gasteiger partial charge in [0, 0.05) is 0 Å². The molecule has 0 amide bonds. The van der Waals surface area contributed by atoms with Crippen LogP contribution in [0.25, 0.3) is 0 Å². The first-order valence-corrected chi connectivity index (χ1v) is 5.03. The maximum atomic E-state index is 5.75. The molecule has 0 spiro atoms. The van der Waals surface area contributed by atoms with Crippen LogP contribution in [-0.2, 0) is 0 Å². The van der Waals surface area contributed by atoms with Crippen LogP contribution in [0.1, 0.15) is 27.2 Å². The molecule has 2 nitrogen and oxygen atoms in total. The van der Waals surface area contributed by atoms with Crippen molar-refractivity contribution < 1.29 is 0 Å². The van der Waals surface area contributed by atoms with E-state index in [4.69, 9.17) is 5.73 Å². The van der Waals surface area contributed by atoms with Crippen molar-refractivity contribution in [2.45, 2.75) is 27.2 Å². The molecule has 1 aromatic heterocycles. The zero-order valence-electron chi connectivity index (χ0n) is 9.12. The minimum atomic E-state index is 0.606. The fourth-order valence-corrected chi connectivity index (χ4v) is 1.26. The van der Waals surface area contributed by atoms with Gasteiger partial charge in [-0.15, -0.1) is 0 Å². The number of nitrogen functional groups attached to an aromatic ring is 1. The molecule has 14 heavy (non-hydrogen) atoms. The van der Waals surface area contributed by atoms with Crippen LogP contribution in [0.4, 0.5) is 5.82 Å². The number of aromatic nitrogens is 1. The van der Waals surface area contributed by atoms with Gasteiger partial charge < -0.3 is 0 Å². The van der Waals surface area contributed by atoms with E-state index in [0.717, 1.165) is 11.9 Å². The molecule has 0 saturated carbocycles. The van der Waals surface area contributed by atoms with Crippen molar-refractivity contribution in [3.05, 3.63) is 18.3 Å². The van der Waals surface area contributed by atoms with Crippen LogP contribution >= 0.6 is 0 Å². The number of nitrogens with two attached hydrogens (primary N) is 1. The molecule has 2 N–H and O–H groups in total. The molecule has 3 heteroatoms. The fourth-order valence-electron chi connectivity index (χ4n) is 1.26. The topological polar surface area (TPSA) is 38.9 Å². The maximum absolute atomic E-state index is 5.75. The van der Waals surface area contributed by atoms with Gasteiger partial charge >= 0.3 is 85.8 Å². The number of rotatable bonds is 3. The Morgan fingerprint density at radius 3 is 2.93 bits per heavy atom. The monoisotopic (exact) mass is 188 g/mol. The summed E-state index contributed by atoms with van der Waals surface area (Å²) in [6.07, 6.45) is 2.87. The number of nitrogens with zero attached hydrogens (tertiary/aromatic N) is 1. The van der Waals surface area contributed by atoms with Crippen LogP contribution in [-0.4, -0.2) is 17.4 Å². The Labute approximate surface area is 86.5 Å². The molecular weight excluding hydrogens is 171 g/mol. The Balaban J connectivity index is 2.91. The molecule has 1 unspecified atom stereocenters. The summed E-state index contributed by atoms with van der Waals surface area (Å²) in [6.45, 7) is 8.67. The van der Waals surface area contributed by atoms with Crippen LogP contribution < -0.4 is 11.2 Å². The zero-order valence-corrected chi connectivity index (χ0v) is 9.12. The number of pyridine rings is 1. The van der Waals surface area contributed by atoms with Crippen molar-refractivity contribution in [3.63, 3.8) is 0 Å². The minimum absolute atomic E-state index is 0.606. The molecule has 0 radical (unpaired) electrons. The van der Waals surface area contributed by atoms with Crippen molar-refractivity contribution >= 4 is 23.7 Å². The van der Waals surface area contributed by atoms with Gasteiger partial charge in [0.15, 0.2) is 0 Å². The van der Waals surface area contributed by atoms with E-state index in [1.165, 1.54) is 5.46 Å². The molecule has 1 aromatic rings. The zero-order chi connectivity index (χ0) is 10.6. The van der Waals surface area contributed by atoms with Gasteiger partial charge in [-0.25, -0.2) is 0 Å². The molecule has 0 bridgehead atoms. The van der Waals surface area contributed by atoms with Crippen LogP contribution in [0, 0.1) is 5.92 Å². The Morgan fingerprint density at radius 2 is 2.36 bits per heavy atom. The van der Waals surface area contributed by atoms with Crippen molar-refractivity contribution in [2.75, 3.05) is 5.73 Å². The summed E-state index contributed by atoms with van der Waals surface area (Å²) in [6, 6.07) is 3.90. The first-order valence-electron chi connectivity index (χ1n) is 5.03. The summed E-state index contributed by atoms with van der Waals surface area (Å²) in [7, 11) is 0. The molecule has 0 aliphatic rings. The van der Waals surface area contributed by atoms with Gasteiger partial charge in [0.25, 0.3) is 0 Å². The van der Waals surface area contributed by atoms with Gasteiger partial charge in [0.2, 0.25) is 0 Å². The Bertz CT molecular complexity index is 334. The summed E-state index contributed by atoms with van der Waals surface area (Å²) in [5, 5.41) is 0. The Kier molecular flexibility index (Phi) is 3.87. The van der Waals surface area contributed by atoms with E-state index in [1.54, 1.807) is 6.20 Å². The van der Waals surface area contributed by atoms with Crippen LogP contribution in [0.2, 0.25) is 0 Å². The van der Waals surface area contributed by atoms with Crippen LogP contribution in [0.5, 0.6) is 0 Å². The van der Waals surface area contributed by atoms with Gasteiger partial charge in [-0.2, -0.15) is 0 Å². The van der Waals surface area contributed by atoms with Gasteiger partial charge in [0.05, 0.1) is 0 Å². The molecule has 0 aromatic carbocycles. The number of hydrogen-bond acceptors (Lipinski definition) is 2. The predicted octanol–water partition coefficient (Wildman–Crippen LogP) is 1.23. The molecule has 74 valence electrons. The van der Waals surface area contributed by atoms with Gasteiger partial charge in [-0.1, -0.05) is 0 Å². The third-order valence-corrected chi connectivity index (χ3v) is 2.64. The van der Waals surface area contributed by atoms with Gasteiger partial charge in [-0.3, -0.25) is 0 Å². The average molecular weight is 188 g/mol. The van der Waals surface area contributed by atoms with Gasteiger partial charge in [-0.05, 0) is 0 Å². The van der Waals surface area contributed by atoms with Crippen molar-refractivity contribution in [1.82, 2.24) is 4.98 Å². The van der Waals surface area contributed by atoms with E-state index < -0.39 is 0 Å². The second-order valence-electron chi connectivity index (χ2n) is 3.68. The van der Waals surface area contributed by atoms with E-state index in [9.17, 15) is 0 Å². The normalized spacial score (nSPS) is 13.5. The Hall–Kier alpha value is -1.12. The summed E-state index contributed by atoms with van der Waals surface area (Å²) in [4.78, 5) is 4.05. The number of anilines is 1. The summed E-state index contributed by atoms with van der Waals surface area (Å²) < 4.78 is 0. The van der Waals surface area contributed by atoms with E-state index in [1.807, 2.05) is 12.1 Å². The van der Waals surface area contributed by atoms with E-state index in [2.05, 4.69) is 32.7 Å². The predicted molar refractivity (Wildman–Crippen MR) is 64.2 cm³/mol. The third kappa shape index (κ3) is 2.69. The fraction of sp³-hybridized carbons (Fsp3) is 0.455. The first-order chi connectivity index (χ1) is 6.65. The van der Waals surface area contributed by atoms with E-state index >= 15 is 0 Å². The quantitative estimate of drug-likeness (QED) is 0.724. The number of hydrogen-bond donors (Lipinski definition) is 1. The molecule has 0 aliphatic heterocycles. The third-order valence-electron chi connectivity index (χ3n) is 2.64. The second-order valence-corrected chi connectivity index (χ2v) is 3.68. The Morgan fingerprint density at radius 1 is 1.64 bits per heavy atom. The van der Waals surface area contributed by atoms with Crippen LogP contribution in [0.3, 0.4) is 0 Å². The average Bonchev–Trinajstić information content (AvgIpc) is 2.20. The van der Waals surface area contributed by atoms with E-state index in [-0.39, 0.29) is 0 Å². The van der Waals surface area contributed by atoms with Crippen molar-refractivity contribution in [3.8, 4) is 0 Å². The summed E-state index contributed by atoms with van der Waals surface area (Å²) in [5.41, 5.74) is 8.13. The van der Waals surface area contributed by atoms with Crippen molar-refractivity contribution in [1.29, 1.82) is 0 Å². The van der Waals surface area contributed by atoms with E-state index in [0.29, 0.717) is 11.7 Å². The first kappa shape index (κ1) is 11.0. The molecular formula is C11H17BN2. The van der Waals surface area contributed by atoms with Gasteiger partial charge in [0.1, 0.15) is 0 Å². The molecule has 1 rings (SSSR count). The van der Waals surface area contributed by atoms with Crippen LogP contribution in [0.15, 0.2) is 18.3 Å². The SMILES string of the molecule is CCC(C)C(C)=Bc1cccnc1N. The second kappa shape index (κ2) is 4.94. The summed E-state index contributed by atoms with van der Waals surface area (Å²) >= 11 is 0. The van der Waals surface area contributed by atoms with Crippen molar-refractivity contribution in [2.24, 2.45) is 5.92 Å². The molecule has 0 saturated heterocycles. The summed E-state index contributed by atoms with van der Waals surface area (Å²) in [5.74, 6) is 1.21. The molecule has 1 heterocycles. The molecule has 0 fully saturated rings. The molecule has 0 aliphatic carbocycles. The standard InChI is InChI=1S/C11H17BN2/c1-4-8(2)9(3)12-10-6-5-7-14-11(10)13/h5-8H,4H2,1-3H3,(H2,13,14). The molecule has 1 atom stereocenters.